The molecule has 0 atom stereocenters. The summed E-state index contributed by atoms with van der Waals surface area (Å²) in [6.07, 6.45) is 3.04. The zero-order valence-electron chi connectivity index (χ0n) is 13.7. The van der Waals surface area contributed by atoms with E-state index in [-0.39, 0.29) is 10.8 Å². The number of hydrogen-bond acceptors (Lipinski definition) is 6. The van der Waals surface area contributed by atoms with E-state index in [9.17, 15) is 13.2 Å². The molecule has 2 heterocycles. The Balaban J connectivity index is 1.76. The van der Waals surface area contributed by atoms with E-state index in [0.29, 0.717) is 24.4 Å². The largest absolute Gasteiger partial charge is 0.465 e. The SMILES string of the molecule is COC(=O)c1cccc(Oc2ccc(S(=O)(=O)N3CCCC3)cn2)c1. The number of nitrogens with zero attached hydrogens (tertiary/aromatic N) is 2. The number of ether oxygens (including phenoxy) is 2. The van der Waals surface area contributed by atoms with Gasteiger partial charge < -0.3 is 9.47 Å². The fourth-order valence-electron chi connectivity index (χ4n) is 2.58. The summed E-state index contributed by atoms with van der Waals surface area (Å²) >= 11 is 0. The highest BCUT2D eigenvalue weighted by molar-refractivity contribution is 7.89. The van der Waals surface area contributed by atoms with Crippen molar-refractivity contribution in [3.63, 3.8) is 0 Å². The Morgan fingerprint density at radius 2 is 1.92 bits per heavy atom. The van der Waals surface area contributed by atoms with Gasteiger partial charge >= 0.3 is 5.97 Å². The monoisotopic (exact) mass is 362 g/mol. The minimum absolute atomic E-state index is 0.144. The summed E-state index contributed by atoms with van der Waals surface area (Å²) in [6.45, 7) is 1.09. The summed E-state index contributed by atoms with van der Waals surface area (Å²) in [6, 6.07) is 9.44. The first-order chi connectivity index (χ1) is 12.0. The Morgan fingerprint density at radius 3 is 2.56 bits per heavy atom. The molecule has 1 aliphatic heterocycles. The molecule has 132 valence electrons. The standard InChI is InChI=1S/C17H18N2O5S/c1-23-17(20)13-5-4-6-14(11-13)24-16-8-7-15(12-18-16)25(21,22)19-9-2-3-10-19/h4-8,11-12H,2-3,9-10H2,1H3. The number of carbonyl (C=O) groups is 1. The third kappa shape index (κ3) is 3.80. The molecule has 0 bridgehead atoms. The minimum Gasteiger partial charge on any atom is -0.465 e. The van der Waals surface area contributed by atoms with Crippen LogP contribution in [0.3, 0.4) is 0 Å². The quantitative estimate of drug-likeness (QED) is 0.760. The van der Waals surface area contributed by atoms with E-state index >= 15 is 0 Å². The third-order valence-corrected chi connectivity index (χ3v) is 5.77. The first kappa shape index (κ1) is 17.4. The minimum atomic E-state index is -3.50. The molecule has 1 aromatic heterocycles. The van der Waals surface area contributed by atoms with Crippen molar-refractivity contribution in [1.82, 2.24) is 9.29 Å². The summed E-state index contributed by atoms with van der Waals surface area (Å²) in [7, 11) is -2.19. The van der Waals surface area contributed by atoms with Gasteiger partial charge in [-0.1, -0.05) is 6.07 Å². The fourth-order valence-corrected chi connectivity index (χ4v) is 4.05. The normalized spacial score (nSPS) is 15.1. The van der Waals surface area contributed by atoms with E-state index in [4.69, 9.17) is 4.74 Å². The number of esters is 1. The van der Waals surface area contributed by atoms with Gasteiger partial charge in [-0.2, -0.15) is 4.31 Å². The lowest BCUT2D eigenvalue weighted by Crippen LogP contribution is -2.27. The molecule has 0 N–H and O–H groups in total. The van der Waals surface area contributed by atoms with Crippen molar-refractivity contribution in [2.75, 3.05) is 20.2 Å². The van der Waals surface area contributed by atoms with Gasteiger partial charge in [0, 0.05) is 19.2 Å². The summed E-state index contributed by atoms with van der Waals surface area (Å²) in [4.78, 5) is 15.7. The van der Waals surface area contributed by atoms with Crippen molar-refractivity contribution < 1.29 is 22.7 Å². The van der Waals surface area contributed by atoms with Crippen molar-refractivity contribution in [3.05, 3.63) is 48.2 Å². The molecule has 1 saturated heterocycles. The molecule has 0 spiro atoms. The van der Waals surface area contributed by atoms with Gasteiger partial charge in [-0.3, -0.25) is 0 Å². The zero-order chi connectivity index (χ0) is 17.9. The molecule has 1 aromatic carbocycles. The number of pyridine rings is 1. The molecule has 7 nitrogen and oxygen atoms in total. The average molecular weight is 362 g/mol. The van der Waals surface area contributed by atoms with E-state index in [1.165, 1.54) is 35.8 Å². The maximum Gasteiger partial charge on any atom is 0.337 e. The number of hydrogen-bond donors (Lipinski definition) is 0. The Hall–Kier alpha value is -2.45. The summed E-state index contributed by atoms with van der Waals surface area (Å²) in [5.41, 5.74) is 0.355. The highest BCUT2D eigenvalue weighted by atomic mass is 32.2. The van der Waals surface area contributed by atoms with E-state index in [2.05, 4.69) is 9.72 Å². The Labute approximate surface area is 146 Å². The van der Waals surface area contributed by atoms with Crippen LogP contribution in [0.15, 0.2) is 47.5 Å². The van der Waals surface area contributed by atoms with Crippen molar-refractivity contribution >= 4 is 16.0 Å². The van der Waals surface area contributed by atoms with Gasteiger partial charge in [-0.05, 0) is 37.1 Å². The van der Waals surface area contributed by atoms with E-state index in [0.717, 1.165) is 12.8 Å². The first-order valence-electron chi connectivity index (χ1n) is 7.83. The predicted octanol–water partition coefficient (Wildman–Crippen LogP) is 2.45. The summed E-state index contributed by atoms with van der Waals surface area (Å²) in [5.74, 6) is 0.179. The highest BCUT2D eigenvalue weighted by Crippen LogP contribution is 2.24. The molecule has 0 radical (unpaired) electrons. The van der Waals surface area contributed by atoms with Crippen molar-refractivity contribution in [2.24, 2.45) is 0 Å². The molecular weight excluding hydrogens is 344 g/mol. The van der Waals surface area contributed by atoms with Gasteiger partial charge in [0.1, 0.15) is 10.6 Å². The van der Waals surface area contributed by atoms with Crippen molar-refractivity contribution in [2.45, 2.75) is 17.7 Å². The molecule has 3 rings (SSSR count). The van der Waals surface area contributed by atoms with Crippen LogP contribution in [0.5, 0.6) is 11.6 Å². The van der Waals surface area contributed by atoms with Crippen LogP contribution in [0.4, 0.5) is 0 Å². The smallest absolute Gasteiger partial charge is 0.337 e. The summed E-state index contributed by atoms with van der Waals surface area (Å²) < 4.78 is 36.6. The number of sulfonamides is 1. The number of benzene rings is 1. The number of methoxy groups -OCH3 is 1. The predicted molar refractivity (Wildman–Crippen MR) is 90.1 cm³/mol. The number of carbonyl (C=O) groups excluding carboxylic acids is 1. The fraction of sp³-hybridized carbons (Fsp3) is 0.294. The van der Waals surface area contributed by atoms with Crippen LogP contribution >= 0.6 is 0 Å². The Bertz CT molecular complexity index is 859. The van der Waals surface area contributed by atoms with Crippen LogP contribution in [0.25, 0.3) is 0 Å². The lowest BCUT2D eigenvalue weighted by Gasteiger charge is -2.15. The van der Waals surface area contributed by atoms with E-state index in [1.807, 2.05) is 0 Å². The molecule has 1 aliphatic rings. The second kappa shape index (κ2) is 7.20. The van der Waals surface area contributed by atoms with Crippen LogP contribution < -0.4 is 4.74 Å². The van der Waals surface area contributed by atoms with Gasteiger partial charge in [0.15, 0.2) is 0 Å². The Morgan fingerprint density at radius 1 is 1.16 bits per heavy atom. The first-order valence-corrected chi connectivity index (χ1v) is 9.27. The van der Waals surface area contributed by atoms with Crippen LogP contribution in [-0.2, 0) is 14.8 Å². The maximum absolute atomic E-state index is 12.5. The van der Waals surface area contributed by atoms with Crippen molar-refractivity contribution in [1.29, 1.82) is 0 Å². The molecule has 8 heteroatoms. The molecular formula is C17H18N2O5S. The lowest BCUT2D eigenvalue weighted by molar-refractivity contribution is 0.0600. The molecule has 1 fully saturated rings. The van der Waals surface area contributed by atoms with Gasteiger partial charge in [-0.15, -0.1) is 0 Å². The highest BCUT2D eigenvalue weighted by Gasteiger charge is 2.27. The van der Waals surface area contributed by atoms with Crippen molar-refractivity contribution in [3.8, 4) is 11.6 Å². The van der Waals surface area contributed by atoms with Gasteiger partial charge in [0.2, 0.25) is 15.9 Å². The third-order valence-electron chi connectivity index (χ3n) is 3.89. The zero-order valence-corrected chi connectivity index (χ0v) is 14.5. The lowest BCUT2D eigenvalue weighted by atomic mass is 10.2. The van der Waals surface area contributed by atoms with Crippen LogP contribution in [0.1, 0.15) is 23.2 Å². The molecule has 0 saturated carbocycles. The topological polar surface area (TPSA) is 85.8 Å². The van der Waals surface area contributed by atoms with E-state index < -0.39 is 16.0 Å². The second-order valence-electron chi connectivity index (χ2n) is 5.56. The van der Waals surface area contributed by atoms with Gasteiger partial charge in [-0.25, -0.2) is 18.2 Å². The number of aromatic nitrogens is 1. The molecule has 0 aliphatic carbocycles. The maximum atomic E-state index is 12.5. The Kier molecular flexibility index (Phi) is 5.00. The number of rotatable bonds is 5. The molecule has 2 aromatic rings. The van der Waals surface area contributed by atoms with Gasteiger partial charge in [0.25, 0.3) is 0 Å². The molecule has 0 unspecified atom stereocenters. The van der Waals surface area contributed by atoms with Crippen LogP contribution in [0, 0.1) is 0 Å². The second-order valence-corrected chi connectivity index (χ2v) is 7.50. The molecule has 0 amide bonds. The van der Waals surface area contributed by atoms with Gasteiger partial charge in [0.05, 0.1) is 18.9 Å². The average Bonchev–Trinajstić information content (AvgIpc) is 3.17. The molecule has 25 heavy (non-hydrogen) atoms. The van der Waals surface area contributed by atoms with Crippen LogP contribution in [0.2, 0.25) is 0 Å². The summed E-state index contributed by atoms with van der Waals surface area (Å²) in [5, 5.41) is 0. The van der Waals surface area contributed by atoms with E-state index in [1.54, 1.807) is 18.2 Å². The van der Waals surface area contributed by atoms with Crippen LogP contribution in [-0.4, -0.2) is 43.9 Å².